The fourth-order valence-corrected chi connectivity index (χ4v) is 3.22. The summed E-state index contributed by atoms with van der Waals surface area (Å²) in [6.07, 6.45) is 5.92. The number of rotatable bonds is 7. The third-order valence-electron chi connectivity index (χ3n) is 4.58. The van der Waals surface area contributed by atoms with Crippen molar-refractivity contribution in [2.45, 2.75) is 76.8 Å². The van der Waals surface area contributed by atoms with Crippen LogP contribution < -0.4 is 10.6 Å². The third-order valence-corrected chi connectivity index (χ3v) is 4.58. The minimum absolute atomic E-state index is 0.0480. The van der Waals surface area contributed by atoms with Gasteiger partial charge in [-0.1, -0.05) is 30.8 Å². The summed E-state index contributed by atoms with van der Waals surface area (Å²) in [4.78, 5) is 38.6. The van der Waals surface area contributed by atoms with Gasteiger partial charge in [0.1, 0.15) is 11.6 Å². The van der Waals surface area contributed by atoms with Crippen LogP contribution in [0.3, 0.4) is 0 Å². The van der Waals surface area contributed by atoms with E-state index in [4.69, 9.17) is 9.63 Å². The van der Waals surface area contributed by atoms with Gasteiger partial charge in [-0.25, -0.2) is 0 Å². The van der Waals surface area contributed by atoms with Crippen molar-refractivity contribution in [1.29, 1.82) is 0 Å². The van der Waals surface area contributed by atoms with E-state index in [0.29, 0.717) is 11.7 Å². The molecule has 3 N–H and O–H groups in total. The molecule has 1 aromatic rings. The molecule has 0 unspecified atom stereocenters. The van der Waals surface area contributed by atoms with Gasteiger partial charge >= 0.3 is 5.97 Å². The third kappa shape index (κ3) is 5.27. The molecule has 0 aliphatic heterocycles. The van der Waals surface area contributed by atoms with Crippen molar-refractivity contribution in [3.63, 3.8) is 0 Å². The molecule has 0 bridgehead atoms. The Morgan fingerprint density at radius 3 is 2.46 bits per heavy atom. The summed E-state index contributed by atoms with van der Waals surface area (Å²) in [6.45, 7) is 2.87. The topological polar surface area (TPSA) is 134 Å². The van der Waals surface area contributed by atoms with Gasteiger partial charge in [0.25, 0.3) is 0 Å². The van der Waals surface area contributed by atoms with Crippen molar-refractivity contribution < 1.29 is 24.0 Å². The molecular formula is C17H26N4O5. The molecule has 2 rings (SSSR count). The molecular weight excluding hydrogens is 340 g/mol. The summed E-state index contributed by atoms with van der Waals surface area (Å²) in [6, 6.07) is -0.949. The lowest BCUT2D eigenvalue weighted by Crippen LogP contribution is -2.45. The number of amides is 2. The number of hydrogen-bond acceptors (Lipinski definition) is 6. The molecule has 1 aromatic heterocycles. The molecule has 9 nitrogen and oxygen atoms in total. The van der Waals surface area contributed by atoms with E-state index in [9.17, 15) is 14.4 Å². The first-order valence-electron chi connectivity index (χ1n) is 8.96. The molecule has 0 spiro atoms. The Labute approximate surface area is 151 Å². The molecule has 1 aliphatic carbocycles. The van der Waals surface area contributed by atoms with Gasteiger partial charge in [0, 0.05) is 19.8 Å². The van der Waals surface area contributed by atoms with Crippen LogP contribution in [0.4, 0.5) is 0 Å². The SMILES string of the molecule is CC(=O)NC1(c2noc(CCC(=O)N[C@@H](C)C(=O)O)n2)CCCCCC1. The average molecular weight is 366 g/mol. The van der Waals surface area contributed by atoms with Gasteiger partial charge in [0.2, 0.25) is 17.7 Å². The minimum Gasteiger partial charge on any atom is -0.480 e. The standard InChI is InChI=1S/C17H26N4O5/c1-11(15(24)25)18-13(23)7-8-14-19-16(21-26-14)17(20-12(2)22)9-5-3-4-6-10-17/h11H,3-10H2,1-2H3,(H,18,23)(H,20,22)(H,24,25)/t11-/m0/s1. The Kier molecular flexibility index (Phi) is 6.70. The van der Waals surface area contributed by atoms with Crippen LogP contribution in [0, 0.1) is 0 Å². The molecule has 9 heteroatoms. The van der Waals surface area contributed by atoms with Crippen LogP contribution >= 0.6 is 0 Å². The highest BCUT2D eigenvalue weighted by Gasteiger charge is 2.38. The van der Waals surface area contributed by atoms with E-state index in [0.717, 1.165) is 38.5 Å². The quantitative estimate of drug-likeness (QED) is 0.619. The number of nitrogens with zero attached hydrogens (tertiary/aromatic N) is 2. The zero-order valence-corrected chi connectivity index (χ0v) is 15.2. The summed E-state index contributed by atoms with van der Waals surface area (Å²) >= 11 is 0. The van der Waals surface area contributed by atoms with Crippen LogP contribution in [0.5, 0.6) is 0 Å². The lowest BCUT2D eigenvalue weighted by Gasteiger charge is -2.30. The van der Waals surface area contributed by atoms with Gasteiger partial charge in [0.15, 0.2) is 5.82 Å². The van der Waals surface area contributed by atoms with Crippen LogP contribution in [-0.4, -0.2) is 39.1 Å². The molecule has 2 amide bonds. The molecule has 144 valence electrons. The van der Waals surface area contributed by atoms with Gasteiger partial charge in [-0.3, -0.25) is 14.4 Å². The second-order valence-corrected chi connectivity index (χ2v) is 6.82. The van der Waals surface area contributed by atoms with Crippen LogP contribution in [0.25, 0.3) is 0 Å². The maximum atomic E-state index is 11.8. The number of aryl methyl sites for hydroxylation is 1. The Hall–Kier alpha value is -2.45. The summed E-state index contributed by atoms with van der Waals surface area (Å²) in [5, 5.41) is 18.2. The highest BCUT2D eigenvalue weighted by Crippen LogP contribution is 2.34. The smallest absolute Gasteiger partial charge is 0.325 e. The van der Waals surface area contributed by atoms with E-state index in [1.807, 2.05) is 0 Å². The molecule has 1 aliphatic rings. The first kappa shape index (κ1) is 19.9. The van der Waals surface area contributed by atoms with Gasteiger partial charge in [-0.05, 0) is 19.8 Å². The van der Waals surface area contributed by atoms with E-state index >= 15 is 0 Å². The number of aromatic nitrogens is 2. The summed E-state index contributed by atoms with van der Waals surface area (Å²) in [5.74, 6) is -0.883. The zero-order chi connectivity index (χ0) is 19.2. The summed E-state index contributed by atoms with van der Waals surface area (Å²) in [5.41, 5.74) is -0.621. The van der Waals surface area contributed by atoms with Gasteiger partial charge in [0.05, 0.1) is 0 Å². The van der Waals surface area contributed by atoms with Crippen molar-refractivity contribution in [2.24, 2.45) is 0 Å². The second-order valence-electron chi connectivity index (χ2n) is 6.82. The van der Waals surface area contributed by atoms with Gasteiger partial charge in [-0.15, -0.1) is 0 Å². The predicted octanol–water partition coefficient (Wildman–Crippen LogP) is 1.28. The molecule has 0 saturated heterocycles. The van der Waals surface area contributed by atoms with E-state index in [-0.39, 0.29) is 18.7 Å². The second kappa shape index (κ2) is 8.77. The molecule has 1 fully saturated rings. The van der Waals surface area contributed by atoms with Crippen molar-refractivity contribution in [1.82, 2.24) is 20.8 Å². The normalized spacial score (nSPS) is 17.8. The monoisotopic (exact) mass is 366 g/mol. The van der Waals surface area contributed by atoms with E-state index in [1.165, 1.54) is 13.8 Å². The number of carboxylic acid groups (broad SMARTS) is 1. The lowest BCUT2D eigenvalue weighted by atomic mass is 9.89. The fourth-order valence-electron chi connectivity index (χ4n) is 3.22. The van der Waals surface area contributed by atoms with Crippen molar-refractivity contribution in [2.75, 3.05) is 0 Å². The average Bonchev–Trinajstić information content (AvgIpc) is 2.93. The van der Waals surface area contributed by atoms with Crippen LogP contribution in [0.1, 0.15) is 70.5 Å². The predicted molar refractivity (Wildman–Crippen MR) is 91.1 cm³/mol. The number of carbonyl (C=O) groups is 3. The van der Waals surface area contributed by atoms with E-state index in [2.05, 4.69) is 20.8 Å². The Morgan fingerprint density at radius 2 is 1.88 bits per heavy atom. The highest BCUT2D eigenvalue weighted by molar-refractivity contribution is 5.83. The fraction of sp³-hybridized carbons (Fsp3) is 0.706. The minimum atomic E-state index is -1.09. The number of hydrogen-bond donors (Lipinski definition) is 3. The first-order valence-corrected chi connectivity index (χ1v) is 8.96. The number of aliphatic carboxylic acids is 1. The van der Waals surface area contributed by atoms with E-state index < -0.39 is 23.5 Å². The van der Waals surface area contributed by atoms with Crippen LogP contribution in [0.15, 0.2) is 4.52 Å². The van der Waals surface area contributed by atoms with Crippen molar-refractivity contribution >= 4 is 17.8 Å². The number of nitrogens with one attached hydrogen (secondary N) is 2. The molecule has 1 heterocycles. The molecule has 0 aromatic carbocycles. The Bertz CT molecular complexity index is 649. The largest absolute Gasteiger partial charge is 0.480 e. The molecule has 26 heavy (non-hydrogen) atoms. The van der Waals surface area contributed by atoms with Crippen molar-refractivity contribution in [3.05, 3.63) is 11.7 Å². The maximum absolute atomic E-state index is 11.8. The molecule has 0 radical (unpaired) electrons. The highest BCUT2D eigenvalue weighted by atomic mass is 16.5. The van der Waals surface area contributed by atoms with Gasteiger partial charge < -0.3 is 20.3 Å². The van der Waals surface area contributed by atoms with E-state index in [1.54, 1.807) is 0 Å². The number of carbonyl (C=O) groups excluding carboxylic acids is 2. The van der Waals surface area contributed by atoms with Crippen LogP contribution in [0.2, 0.25) is 0 Å². The first-order chi connectivity index (χ1) is 12.3. The molecule has 1 saturated carbocycles. The Balaban J connectivity index is 2.03. The maximum Gasteiger partial charge on any atom is 0.325 e. The summed E-state index contributed by atoms with van der Waals surface area (Å²) < 4.78 is 5.26. The lowest BCUT2D eigenvalue weighted by molar-refractivity contribution is -0.141. The van der Waals surface area contributed by atoms with Gasteiger partial charge in [-0.2, -0.15) is 4.98 Å². The number of carboxylic acids is 1. The Morgan fingerprint density at radius 1 is 1.23 bits per heavy atom. The van der Waals surface area contributed by atoms with Crippen molar-refractivity contribution in [3.8, 4) is 0 Å². The van der Waals surface area contributed by atoms with Crippen LogP contribution in [-0.2, 0) is 26.3 Å². The molecule has 1 atom stereocenters. The summed E-state index contributed by atoms with van der Waals surface area (Å²) in [7, 11) is 0. The zero-order valence-electron chi connectivity index (χ0n) is 15.2.